The lowest BCUT2D eigenvalue weighted by Gasteiger charge is -2.14. The Morgan fingerprint density at radius 1 is 1.00 bits per heavy atom. The molecule has 2 N–H and O–H groups in total. The predicted molar refractivity (Wildman–Crippen MR) is 93.5 cm³/mol. The molecule has 5 nitrogen and oxygen atoms in total. The van der Waals surface area contributed by atoms with Crippen LogP contribution in [0.15, 0.2) is 48.5 Å². The van der Waals surface area contributed by atoms with Crippen molar-refractivity contribution in [1.29, 1.82) is 0 Å². The van der Waals surface area contributed by atoms with Gasteiger partial charge in [-0.1, -0.05) is 23.7 Å². The number of halogens is 1. The van der Waals surface area contributed by atoms with Crippen molar-refractivity contribution in [3.05, 3.63) is 64.7 Å². The first-order chi connectivity index (χ1) is 11.4. The zero-order valence-corrected chi connectivity index (χ0v) is 14.1. The monoisotopic (exact) mass is 344 g/mol. The summed E-state index contributed by atoms with van der Waals surface area (Å²) in [6, 6.07) is 12.3. The molecule has 1 atom stereocenters. The van der Waals surface area contributed by atoms with Crippen LogP contribution in [0.4, 0.5) is 5.69 Å². The molecule has 0 aromatic heterocycles. The van der Waals surface area contributed by atoms with E-state index < -0.39 is 6.04 Å². The second-order valence-corrected chi connectivity index (χ2v) is 5.76. The van der Waals surface area contributed by atoms with Gasteiger partial charge in [-0.25, -0.2) is 0 Å². The van der Waals surface area contributed by atoms with Gasteiger partial charge in [-0.15, -0.1) is 0 Å². The molecule has 2 amide bonds. The number of ketones is 1. The molecule has 2 rings (SSSR count). The van der Waals surface area contributed by atoms with Crippen molar-refractivity contribution in [3.8, 4) is 0 Å². The highest BCUT2D eigenvalue weighted by atomic mass is 35.5. The summed E-state index contributed by atoms with van der Waals surface area (Å²) >= 11 is 5.78. The van der Waals surface area contributed by atoms with Crippen LogP contribution in [0.2, 0.25) is 5.02 Å². The number of carbonyl (C=O) groups excluding carboxylic acids is 3. The van der Waals surface area contributed by atoms with Gasteiger partial charge in [-0.2, -0.15) is 0 Å². The fraction of sp³-hybridized carbons (Fsp3) is 0.167. The van der Waals surface area contributed by atoms with Crippen LogP contribution in [-0.2, 0) is 4.79 Å². The molecule has 0 radical (unpaired) electrons. The van der Waals surface area contributed by atoms with Crippen molar-refractivity contribution < 1.29 is 14.4 Å². The average molecular weight is 345 g/mol. The Hall–Kier alpha value is -2.66. The molecule has 24 heavy (non-hydrogen) atoms. The van der Waals surface area contributed by atoms with Crippen LogP contribution in [0.5, 0.6) is 0 Å². The van der Waals surface area contributed by atoms with Gasteiger partial charge in [0.1, 0.15) is 6.04 Å². The Balaban J connectivity index is 1.99. The number of hydrogen-bond acceptors (Lipinski definition) is 3. The van der Waals surface area contributed by atoms with E-state index in [0.717, 1.165) is 0 Å². The van der Waals surface area contributed by atoms with E-state index in [-0.39, 0.29) is 17.6 Å². The topological polar surface area (TPSA) is 75.3 Å². The van der Waals surface area contributed by atoms with Crippen molar-refractivity contribution in [3.63, 3.8) is 0 Å². The lowest BCUT2D eigenvalue weighted by Crippen LogP contribution is -2.41. The smallest absolute Gasteiger partial charge is 0.251 e. The molecular weight excluding hydrogens is 328 g/mol. The summed E-state index contributed by atoms with van der Waals surface area (Å²) < 4.78 is 0. The van der Waals surface area contributed by atoms with Crippen molar-refractivity contribution >= 4 is 34.9 Å². The minimum absolute atomic E-state index is 0.0878. The summed E-state index contributed by atoms with van der Waals surface area (Å²) in [6.45, 7) is 3.04. The predicted octanol–water partition coefficient (Wildman–Crippen LogP) is 3.30. The normalized spacial score (nSPS) is 11.5. The van der Waals surface area contributed by atoms with Crippen LogP contribution >= 0.6 is 11.6 Å². The maximum atomic E-state index is 12.2. The third-order valence-electron chi connectivity index (χ3n) is 3.38. The van der Waals surface area contributed by atoms with Gasteiger partial charge in [0.05, 0.1) is 0 Å². The van der Waals surface area contributed by atoms with E-state index in [0.29, 0.717) is 21.8 Å². The average Bonchev–Trinajstić information content (AvgIpc) is 2.55. The quantitative estimate of drug-likeness (QED) is 0.817. The summed E-state index contributed by atoms with van der Waals surface area (Å²) in [4.78, 5) is 35.6. The number of rotatable bonds is 5. The molecule has 6 heteroatoms. The molecule has 0 bridgehead atoms. The van der Waals surface area contributed by atoms with Crippen molar-refractivity contribution in [2.45, 2.75) is 19.9 Å². The maximum absolute atomic E-state index is 12.2. The molecule has 0 spiro atoms. The third-order valence-corrected chi connectivity index (χ3v) is 3.64. The van der Waals surface area contributed by atoms with Gasteiger partial charge >= 0.3 is 0 Å². The zero-order valence-electron chi connectivity index (χ0n) is 13.3. The minimum Gasteiger partial charge on any atom is -0.341 e. The van der Waals surface area contributed by atoms with Gasteiger partial charge < -0.3 is 10.6 Å². The Morgan fingerprint density at radius 3 is 2.29 bits per heavy atom. The fourth-order valence-electron chi connectivity index (χ4n) is 2.01. The first kappa shape index (κ1) is 17.7. The van der Waals surface area contributed by atoms with E-state index >= 15 is 0 Å². The lowest BCUT2D eigenvalue weighted by molar-refractivity contribution is -0.117. The van der Waals surface area contributed by atoms with E-state index in [1.807, 2.05) is 0 Å². The maximum Gasteiger partial charge on any atom is 0.251 e. The Kier molecular flexibility index (Phi) is 5.71. The second-order valence-electron chi connectivity index (χ2n) is 5.33. The van der Waals surface area contributed by atoms with E-state index in [1.54, 1.807) is 55.5 Å². The number of hydrogen-bond donors (Lipinski definition) is 2. The molecular formula is C18H17ClN2O3. The van der Waals surface area contributed by atoms with Crippen LogP contribution in [-0.4, -0.2) is 23.6 Å². The summed E-state index contributed by atoms with van der Waals surface area (Å²) in [5.74, 6) is -0.833. The summed E-state index contributed by atoms with van der Waals surface area (Å²) in [5.41, 5.74) is 1.42. The van der Waals surface area contributed by atoms with Crippen molar-refractivity contribution in [2.24, 2.45) is 0 Å². The van der Waals surface area contributed by atoms with Gasteiger partial charge in [0, 0.05) is 21.8 Å². The number of Topliss-reactive ketones (excluding diaryl/α,β-unsaturated/α-hetero) is 1. The molecule has 0 saturated carbocycles. The van der Waals surface area contributed by atoms with Crippen LogP contribution in [0.1, 0.15) is 34.6 Å². The summed E-state index contributed by atoms with van der Waals surface area (Å²) in [5, 5.41) is 5.82. The number of nitrogens with one attached hydrogen (secondary N) is 2. The van der Waals surface area contributed by atoms with E-state index in [1.165, 1.54) is 6.92 Å². The lowest BCUT2D eigenvalue weighted by atomic mass is 10.1. The number of carbonyl (C=O) groups is 3. The molecule has 0 aliphatic carbocycles. The van der Waals surface area contributed by atoms with E-state index in [4.69, 9.17) is 11.6 Å². The highest BCUT2D eigenvalue weighted by Gasteiger charge is 2.17. The van der Waals surface area contributed by atoms with Crippen LogP contribution in [0.25, 0.3) is 0 Å². The molecule has 2 aromatic carbocycles. The molecule has 124 valence electrons. The van der Waals surface area contributed by atoms with E-state index in [9.17, 15) is 14.4 Å². The zero-order chi connectivity index (χ0) is 17.7. The first-order valence-electron chi connectivity index (χ1n) is 7.35. The standard InChI is InChI=1S/C18H17ClN2O3/c1-11(20-18(24)13-6-8-15(19)9-7-13)17(23)21-16-5-3-4-14(10-16)12(2)22/h3-11H,1-2H3,(H,20,24)(H,21,23). The third kappa shape index (κ3) is 4.67. The largest absolute Gasteiger partial charge is 0.341 e. The fourth-order valence-corrected chi connectivity index (χ4v) is 2.14. The van der Waals surface area contributed by atoms with Gasteiger partial charge in [0.15, 0.2) is 5.78 Å². The van der Waals surface area contributed by atoms with Crippen LogP contribution < -0.4 is 10.6 Å². The molecule has 0 saturated heterocycles. The van der Waals surface area contributed by atoms with Crippen molar-refractivity contribution in [1.82, 2.24) is 5.32 Å². The second kappa shape index (κ2) is 7.75. The highest BCUT2D eigenvalue weighted by Crippen LogP contribution is 2.12. The molecule has 0 aliphatic rings. The Bertz CT molecular complexity index is 772. The number of anilines is 1. The van der Waals surface area contributed by atoms with Gasteiger partial charge in [0.2, 0.25) is 5.91 Å². The number of benzene rings is 2. The Labute approximate surface area is 145 Å². The van der Waals surface area contributed by atoms with Crippen LogP contribution in [0.3, 0.4) is 0 Å². The minimum atomic E-state index is -0.742. The van der Waals surface area contributed by atoms with Crippen molar-refractivity contribution in [2.75, 3.05) is 5.32 Å². The summed E-state index contributed by atoms with van der Waals surface area (Å²) in [6.07, 6.45) is 0. The molecule has 0 aliphatic heterocycles. The van der Waals surface area contributed by atoms with Gasteiger partial charge in [-0.05, 0) is 50.2 Å². The SMILES string of the molecule is CC(=O)c1cccc(NC(=O)C(C)NC(=O)c2ccc(Cl)cc2)c1. The molecule has 0 fully saturated rings. The highest BCUT2D eigenvalue weighted by molar-refractivity contribution is 6.30. The summed E-state index contributed by atoms with van der Waals surface area (Å²) in [7, 11) is 0. The van der Waals surface area contributed by atoms with Crippen LogP contribution in [0, 0.1) is 0 Å². The number of amides is 2. The Morgan fingerprint density at radius 2 is 1.67 bits per heavy atom. The van der Waals surface area contributed by atoms with Gasteiger partial charge in [0.25, 0.3) is 5.91 Å². The molecule has 2 aromatic rings. The molecule has 0 heterocycles. The molecule has 1 unspecified atom stereocenters. The van der Waals surface area contributed by atoms with Gasteiger partial charge in [-0.3, -0.25) is 14.4 Å². The first-order valence-corrected chi connectivity index (χ1v) is 7.73. The van der Waals surface area contributed by atoms with E-state index in [2.05, 4.69) is 10.6 Å².